The number of hydrogen-bond acceptors (Lipinski definition) is 5. The normalized spacial score (nSPS) is 23.8. The predicted octanol–water partition coefficient (Wildman–Crippen LogP) is 3.16. The van der Waals surface area contributed by atoms with E-state index in [-0.39, 0.29) is 16.8 Å². The molecule has 2 saturated heterocycles. The van der Waals surface area contributed by atoms with Gasteiger partial charge < -0.3 is 9.64 Å². The molecule has 8 heteroatoms. The van der Waals surface area contributed by atoms with Crippen molar-refractivity contribution < 1.29 is 22.7 Å². The highest BCUT2D eigenvalue weighted by atomic mass is 32.2. The summed E-state index contributed by atoms with van der Waals surface area (Å²) in [6, 6.07) is 13.5. The number of benzene rings is 2. The summed E-state index contributed by atoms with van der Waals surface area (Å²) in [5, 5.41) is 0. The van der Waals surface area contributed by atoms with Crippen LogP contribution in [0.15, 0.2) is 53.4 Å². The summed E-state index contributed by atoms with van der Waals surface area (Å²) in [5.41, 5.74) is 1.02. The van der Waals surface area contributed by atoms with Gasteiger partial charge in [-0.05, 0) is 56.0 Å². The number of hydrogen-bond donors (Lipinski definition) is 0. The number of likely N-dealkylation sites (tertiary alicyclic amines) is 1. The molecule has 0 radical (unpaired) electrons. The van der Waals surface area contributed by atoms with Crippen molar-refractivity contribution in [2.45, 2.75) is 42.6 Å². The number of carbonyl (C=O) groups is 2. The fourth-order valence-corrected chi connectivity index (χ4v) is 6.57. The molecule has 3 aliphatic rings. The maximum absolute atomic E-state index is 13.2. The van der Waals surface area contributed by atoms with Gasteiger partial charge in [-0.2, -0.15) is 4.31 Å². The van der Waals surface area contributed by atoms with Crippen molar-refractivity contribution in [1.82, 2.24) is 9.21 Å². The smallest absolute Gasteiger partial charge is 0.339 e. The summed E-state index contributed by atoms with van der Waals surface area (Å²) >= 11 is 0. The van der Waals surface area contributed by atoms with Gasteiger partial charge in [0, 0.05) is 30.8 Å². The summed E-state index contributed by atoms with van der Waals surface area (Å²) in [7, 11) is -3.54. The molecule has 1 spiro atoms. The molecule has 0 N–H and O–H groups in total. The molecule has 2 fully saturated rings. The number of amides is 1. The molecule has 1 unspecified atom stereocenters. The summed E-state index contributed by atoms with van der Waals surface area (Å²) in [4.78, 5) is 27.5. The number of sulfonamides is 1. The fraction of sp³-hybridized carbons (Fsp3) is 0.417. The average Bonchev–Trinajstić information content (AvgIpc) is 3.10. The number of nitrogens with zero attached hydrogens (tertiary/aromatic N) is 2. The van der Waals surface area contributed by atoms with Crippen LogP contribution in [0.25, 0.3) is 0 Å². The summed E-state index contributed by atoms with van der Waals surface area (Å²) in [5.74, 6) is -0.534. The zero-order valence-corrected chi connectivity index (χ0v) is 18.6. The topological polar surface area (TPSA) is 84.0 Å². The number of piperidine rings is 2. The molecule has 3 aliphatic heterocycles. The van der Waals surface area contributed by atoms with E-state index in [1.807, 2.05) is 18.2 Å². The monoisotopic (exact) mass is 454 g/mol. The first-order valence-electron chi connectivity index (χ1n) is 11.1. The van der Waals surface area contributed by atoms with Crippen molar-refractivity contribution in [3.8, 4) is 0 Å². The third-order valence-electron chi connectivity index (χ3n) is 6.72. The van der Waals surface area contributed by atoms with Crippen LogP contribution in [0.2, 0.25) is 0 Å². The van der Waals surface area contributed by atoms with Crippen LogP contribution in [0.1, 0.15) is 58.4 Å². The molecule has 0 aliphatic carbocycles. The Bertz CT molecular complexity index is 1160. The zero-order chi connectivity index (χ0) is 22.3. The van der Waals surface area contributed by atoms with Crippen LogP contribution in [0.5, 0.6) is 0 Å². The van der Waals surface area contributed by atoms with Gasteiger partial charge >= 0.3 is 5.97 Å². The lowest BCUT2D eigenvalue weighted by atomic mass is 9.85. The molecule has 0 aromatic heterocycles. The van der Waals surface area contributed by atoms with Gasteiger partial charge in [-0.15, -0.1) is 0 Å². The highest BCUT2D eigenvalue weighted by Gasteiger charge is 2.48. The summed E-state index contributed by atoms with van der Waals surface area (Å²) in [6.07, 6.45) is 4.19. The molecule has 1 amide bonds. The second-order valence-corrected chi connectivity index (χ2v) is 10.7. The quantitative estimate of drug-likeness (QED) is 0.666. The van der Waals surface area contributed by atoms with Gasteiger partial charge in [-0.1, -0.05) is 24.6 Å². The van der Waals surface area contributed by atoms with Crippen molar-refractivity contribution in [1.29, 1.82) is 0 Å². The van der Waals surface area contributed by atoms with Crippen LogP contribution in [0, 0.1) is 0 Å². The highest BCUT2D eigenvalue weighted by molar-refractivity contribution is 7.89. The second kappa shape index (κ2) is 8.01. The molecule has 1 atom stereocenters. The van der Waals surface area contributed by atoms with E-state index in [0.29, 0.717) is 43.7 Å². The van der Waals surface area contributed by atoms with Crippen LogP contribution < -0.4 is 0 Å². The van der Waals surface area contributed by atoms with E-state index < -0.39 is 15.6 Å². The van der Waals surface area contributed by atoms with E-state index in [2.05, 4.69) is 0 Å². The van der Waals surface area contributed by atoms with Crippen LogP contribution in [-0.2, 0) is 20.4 Å². The number of carbonyl (C=O) groups excluding carboxylic acids is 2. The lowest BCUT2D eigenvalue weighted by Crippen LogP contribution is -2.48. The summed E-state index contributed by atoms with van der Waals surface area (Å²) in [6.45, 7) is 1.94. The van der Waals surface area contributed by atoms with Gasteiger partial charge in [0.25, 0.3) is 5.91 Å². The average molecular weight is 455 g/mol. The predicted molar refractivity (Wildman–Crippen MR) is 118 cm³/mol. The van der Waals surface area contributed by atoms with Crippen molar-refractivity contribution in [3.05, 3.63) is 65.2 Å². The largest absolute Gasteiger partial charge is 0.449 e. The summed E-state index contributed by atoms with van der Waals surface area (Å²) < 4.78 is 33.1. The molecule has 2 aromatic carbocycles. The Kier molecular flexibility index (Phi) is 5.29. The molecular weight excluding hydrogens is 428 g/mol. The lowest BCUT2D eigenvalue weighted by Gasteiger charge is -2.39. The van der Waals surface area contributed by atoms with E-state index in [1.54, 1.807) is 23.1 Å². The van der Waals surface area contributed by atoms with Crippen molar-refractivity contribution in [2.75, 3.05) is 26.2 Å². The van der Waals surface area contributed by atoms with Crippen LogP contribution in [0.4, 0.5) is 0 Å². The van der Waals surface area contributed by atoms with Gasteiger partial charge in [-0.3, -0.25) is 4.79 Å². The Morgan fingerprint density at radius 3 is 2.38 bits per heavy atom. The maximum Gasteiger partial charge on any atom is 0.339 e. The molecule has 32 heavy (non-hydrogen) atoms. The van der Waals surface area contributed by atoms with Gasteiger partial charge in [0.05, 0.1) is 17.0 Å². The van der Waals surface area contributed by atoms with Gasteiger partial charge in [-0.25, -0.2) is 13.2 Å². The third kappa shape index (κ3) is 3.51. The molecular formula is C24H26N2O5S. The fourth-order valence-electron chi connectivity index (χ4n) is 5.05. The zero-order valence-electron chi connectivity index (χ0n) is 17.8. The minimum Gasteiger partial charge on any atom is -0.449 e. The van der Waals surface area contributed by atoms with E-state index in [4.69, 9.17) is 4.74 Å². The first kappa shape index (κ1) is 21.2. The van der Waals surface area contributed by atoms with Crippen molar-refractivity contribution in [2.24, 2.45) is 0 Å². The van der Waals surface area contributed by atoms with Crippen LogP contribution >= 0.6 is 0 Å². The van der Waals surface area contributed by atoms with Crippen LogP contribution in [0.3, 0.4) is 0 Å². The van der Waals surface area contributed by atoms with Gasteiger partial charge in [0.2, 0.25) is 10.0 Å². The van der Waals surface area contributed by atoms with Crippen LogP contribution in [-0.4, -0.2) is 55.7 Å². The first-order chi connectivity index (χ1) is 15.4. The molecule has 168 valence electrons. The second-order valence-electron chi connectivity index (χ2n) is 8.75. The third-order valence-corrected chi connectivity index (χ3v) is 8.63. The molecule has 7 nitrogen and oxygen atoms in total. The maximum atomic E-state index is 13.2. The van der Waals surface area contributed by atoms with E-state index >= 15 is 0 Å². The van der Waals surface area contributed by atoms with Gasteiger partial charge in [0.15, 0.2) is 5.60 Å². The number of fused-ring (bicyclic) bond motifs is 2. The van der Waals surface area contributed by atoms with Crippen molar-refractivity contribution in [3.63, 3.8) is 0 Å². The SMILES string of the molecule is O=C1OC2(CCCN(C(=O)c3ccc(S(=O)(=O)N4CCCCC4)cc3)C2)c2ccccc21. The Labute approximate surface area is 188 Å². The molecule has 3 heterocycles. The van der Waals surface area contributed by atoms with Gasteiger partial charge in [0.1, 0.15) is 0 Å². The lowest BCUT2D eigenvalue weighted by molar-refractivity contribution is -0.0442. The van der Waals surface area contributed by atoms with Crippen molar-refractivity contribution >= 4 is 21.9 Å². The minimum absolute atomic E-state index is 0.188. The Balaban J connectivity index is 1.35. The molecule has 5 rings (SSSR count). The van der Waals surface area contributed by atoms with E-state index in [1.165, 1.54) is 16.4 Å². The molecule has 2 aromatic rings. The standard InChI is InChI=1S/C24H26N2O5S/c27-22(18-9-11-19(12-10-18)32(29,30)26-15-4-1-5-16-26)25-14-6-13-24(17-25)21-8-3-2-7-20(21)23(28)31-24/h2-3,7-12H,1,4-6,13-17H2. The number of esters is 1. The Morgan fingerprint density at radius 2 is 1.62 bits per heavy atom. The Hall–Kier alpha value is -2.71. The van der Waals surface area contributed by atoms with E-state index in [0.717, 1.165) is 31.2 Å². The highest BCUT2D eigenvalue weighted by Crippen LogP contribution is 2.43. The number of ether oxygens (including phenoxy) is 1. The molecule has 0 bridgehead atoms. The Morgan fingerprint density at radius 1 is 0.906 bits per heavy atom. The molecule has 0 saturated carbocycles. The first-order valence-corrected chi connectivity index (χ1v) is 12.6. The number of rotatable bonds is 3. The van der Waals surface area contributed by atoms with E-state index in [9.17, 15) is 18.0 Å². The minimum atomic E-state index is -3.54.